The van der Waals surface area contributed by atoms with Crippen molar-refractivity contribution in [2.24, 2.45) is 5.92 Å². The molecule has 1 aromatic carbocycles. The van der Waals surface area contributed by atoms with Gasteiger partial charge in [0.1, 0.15) is 11.6 Å². The van der Waals surface area contributed by atoms with Crippen LogP contribution in [0.25, 0.3) is 0 Å². The highest BCUT2D eigenvalue weighted by molar-refractivity contribution is 5.97. The Kier molecular flexibility index (Phi) is 6.58. The minimum Gasteiger partial charge on any atom is -0.496 e. The molecule has 132 valence electrons. The zero-order valence-corrected chi connectivity index (χ0v) is 14.3. The van der Waals surface area contributed by atoms with Gasteiger partial charge in [-0.2, -0.15) is 0 Å². The average molecular weight is 336 g/mol. The van der Waals surface area contributed by atoms with E-state index < -0.39 is 5.82 Å². The van der Waals surface area contributed by atoms with E-state index in [-0.39, 0.29) is 23.3 Å². The first-order valence-corrected chi connectivity index (χ1v) is 8.47. The first kappa shape index (κ1) is 18.2. The molecular weight excluding hydrogens is 311 g/mol. The highest BCUT2D eigenvalue weighted by Gasteiger charge is 2.28. The van der Waals surface area contributed by atoms with Crippen LogP contribution in [0.3, 0.4) is 0 Å². The number of benzene rings is 1. The van der Waals surface area contributed by atoms with Gasteiger partial charge in [0, 0.05) is 25.6 Å². The van der Waals surface area contributed by atoms with Crippen LogP contribution < -0.4 is 10.1 Å². The van der Waals surface area contributed by atoms with E-state index in [1.807, 2.05) is 0 Å². The third-order valence-electron chi connectivity index (χ3n) is 4.37. The van der Waals surface area contributed by atoms with Gasteiger partial charge in [-0.05, 0) is 37.5 Å². The highest BCUT2D eigenvalue weighted by Crippen LogP contribution is 2.24. The van der Waals surface area contributed by atoms with Gasteiger partial charge >= 0.3 is 0 Å². The fourth-order valence-corrected chi connectivity index (χ4v) is 2.90. The van der Waals surface area contributed by atoms with Crippen LogP contribution in [0.5, 0.6) is 5.75 Å². The maximum absolute atomic E-state index is 13.4. The van der Waals surface area contributed by atoms with Gasteiger partial charge in [0.25, 0.3) is 5.91 Å². The number of amides is 2. The minimum atomic E-state index is -0.468. The van der Waals surface area contributed by atoms with Crippen LogP contribution in [0.15, 0.2) is 18.2 Å². The molecule has 1 fully saturated rings. The van der Waals surface area contributed by atoms with Crippen molar-refractivity contribution in [1.29, 1.82) is 0 Å². The van der Waals surface area contributed by atoms with E-state index in [1.54, 1.807) is 4.90 Å². The van der Waals surface area contributed by atoms with E-state index in [9.17, 15) is 14.0 Å². The Morgan fingerprint density at radius 1 is 1.33 bits per heavy atom. The summed E-state index contributed by atoms with van der Waals surface area (Å²) < 4.78 is 18.6. The van der Waals surface area contributed by atoms with E-state index >= 15 is 0 Å². The van der Waals surface area contributed by atoms with Crippen LogP contribution in [0.2, 0.25) is 0 Å². The standard InChI is InChI=1S/C18H25FN2O3/c1-3-4-9-20-17(22)13-7-10-21(11-8-13)18(23)15-12-14(19)5-6-16(15)24-2/h5-6,12-13H,3-4,7-11H2,1-2H3,(H,20,22). The molecular formula is C18H25FN2O3. The summed E-state index contributed by atoms with van der Waals surface area (Å²) in [6.07, 6.45) is 3.27. The normalized spacial score (nSPS) is 15.2. The van der Waals surface area contributed by atoms with Gasteiger partial charge in [0.2, 0.25) is 5.91 Å². The molecule has 0 aromatic heterocycles. The number of hydrogen-bond acceptors (Lipinski definition) is 3. The third kappa shape index (κ3) is 4.46. The number of nitrogens with zero attached hydrogens (tertiary/aromatic N) is 1. The minimum absolute atomic E-state index is 0.0553. The number of methoxy groups -OCH3 is 1. The Bertz CT molecular complexity index is 584. The molecule has 1 aliphatic heterocycles. The molecule has 1 aliphatic rings. The van der Waals surface area contributed by atoms with Crippen LogP contribution in [-0.4, -0.2) is 43.5 Å². The second kappa shape index (κ2) is 8.66. The van der Waals surface area contributed by atoms with E-state index in [4.69, 9.17) is 4.74 Å². The zero-order chi connectivity index (χ0) is 17.5. The summed E-state index contributed by atoms with van der Waals surface area (Å²) in [6.45, 7) is 3.76. The lowest BCUT2D eigenvalue weighted by molar-refractivity contribution is -0.126. The summed E-state index contributed by atoms with van der Waals surface area (Å²) >= 11 is 0. The number of ether oxygens (including phenoxy) is 1. The SMILES string of the molecule is CCCCNC(=O)C1CCN(C(=O)c2cc(F)ccc2OC)CC1. The van der Waals surface area contributed by atoms with Crippen molar-refractivity contribution < 1.29 is 18.7 Å². The molecule has 0 unspecified atom stereocenters. The maximum Gasteiger partial charge on any atom is 0.257 e. The molecule has 5 nitrogen and oxygen atoms in total. The van der Waals surface area contributed by atoms with Crippen molar-refractivity contribution in [2.45, 2.75) is 32.6 Å². The monoisotopic (exact) mass is 336 g/mol. The predicted octanol–water partition coefficient (Wildman–Crippen LogP) is 2.60. The second-order valence-electron chi connectivity index (χ2n) is 6.06. The van der Waals surface area contributed by atoms with Crippen molar-refractivity contribution in [3.8, 4) is 5.75 Å². The maximum atomic E-state index is 13.4. The number of likely N-dealkylation sites (tertiary alicyclic amines) is 1. The lowest BCUT2D eigenvalue weighted by atomic mass is 9.95. The fraction of sp³-hybridized carbons (Fsp3) is 0.556. The lowest BCUT2D eigenvalue weighted by Crippen LogP contribution is -2.43. The number of rotatable bonds is 6. The topological polar surface area (TPSA) is 58.6 Å². The molecule has 1 N–H and O–H groups in total. The Morgan fingerprint density at radius 2 is 2.04 bits per heavy atom. The molecule has 0 spiro atoms. The van der Waals surface area contributed by atoms with Gasteiger partial charge in [-0.1, -0.05) is 13.3 Å². The summed E-state index contributed by atoms with van der Waals surface area (Å²) in [7, 11) is 1.46. The third-order valence-corrected chi connectivity index (χ3v) is 4.37. The van der Waals surface area contributed by atoms with Gasteiger partial charge in [0.15, 0.2) is 0 Å². The smallest absolute Gasteiger partial charge is 0.257 e. The highest BCUT2D eigenvalue weighted by atomic mass is 19.1. The zero-order valence-electron chi connectivity index (χ0n) is 14.3. The van der Waals surface area contributed by atoms with Gasteiger partial charge in [-0.3, -0.25) is 9.59 Å². The number of hydrogen-bond donors (Lipinski definition) is 1. The van der Waals surface area contributed by atoms with E-state index in [2.05, 4.69) is 12.2 Å². The summed E-state index contributed by atoms with van der Waals surface area (Å²) in [5.41, 5.74) is 0.225. The van der Waals surface area contributed by atoms with Crippen LogP contribution in [0.4, 0.5) is 4.39 Å². The molecule has 6 heteroatoms. The molecule has 1 heterocycles. The number of carbonyl (C=O) groups is 2. The Hall–Kier alpha value is -2.11. The van der Waals surface area contributed by atoms with Gasteiger partial charge in [0.05, 0.1) is 12.7 Å². The number of halogens is 1. The largest absolute Gasteiger partial charge is 0.496 e. The fourth-order valence-electron chi connectivity index (χ4n) is 2.90. The summed E-state index contributed by atoms with van der Waals surface area (Å²) in [5.74, 6) is -0.347. The first-order chi connectivity index (χ1) is 11.6. The summed E-state index contributed by atoms with van der Waals surface area (Å²) in [5, 5.41) is 2.94. The molecule has 0 saturated carbocycles. The molecule has 24 heavy (non-hydrogen) atoms. The van der Waals surface area contributed by atoms with Crippen LogP contribution in [-0.2, 0) is 4.79 Å². The lowest BCUT2D eigenvalue weighted by Gasteiger charge is -2.31. The van der Waals surface area contributed by atoms with Crippen molar-refractivity contribution >= 4 is 11.8 Å². The molecule has 0 atom stereocenters. The van der Waals surface area contributed by atoms with E-state index in [0.29, 0.717) is 38.2 Å². The van der Waals surface area contributed by atoms with Crippen molar-refractivity contribution in [1.82, 2.24) is 10.2 Å². The summed E-state index contributed by atoms with van der Waals surface area (Å²) in [4.78, 5) is 26.3. The van der Waals surface area contributed by atoms with E-state index in [0.717, 1.165) is 12.8 Å². The quantitative estimate of drug-likeness (QED) is 0.813. The van der Waals surface area contributed by atoms with Crippen LogP contribution in [0, 0.1) is 11.7 Å². The molecule has 0 aliphatic carbocycles. The molecule has 2 rings (SSSR count). The van der Waals surface area contributed by atoms with Gasteiger partial charge < -0.3 is 15.0 Å². The van der Waals surface area contributed by atoms with Crippen molar-refractivity contribution in [2.75, 3.05) is 26.7 Å². The molecule has 2 amide bonds. The van der Waals surface area contributed by atoms with E-state index in [1.165, 1.54) is 25.3 Å². The molecule has 1 aromatic rings. The van der Waals surface area contributed by atoms with Crippen molar-refractivity contribution in [3.63, 3.8) is 0 Å². The Balaban J connectivity index is 1.93. The van der Waals surface area contributed by atoms with Crippen LogP contribution in [0.1, 0.15) is 43.0 Å². The Morgan fingerprint density at radius 3 is 2.67 bits per heavy atom. The van der Waals surface area contributed by atoms with Gasteiger partial charge in [-0.15, -0.1) is 0 Å². The molecule has 0 radical (unpaired) electrons. The number of piperidine rings is 1. The average Bonchev–Trinajstić information content (AvgIpc) is 2.61. The molecule has 1 saturated heterocycles. The Labute approximate surface area is 142 Å². The number of nitrogens with one attached hydrogen (secondary N) is 1. The second-order valence-corrected chi connectivity index (χ2v) is 6.06. The molecule has 0 bridgehead atoms. The number of unbranched alkanes of at least 4 members (excludes halogenated alkanes) is 1. The van der Waals surface area contributed by atoms with Crippen LogP contribution >= 0.6 is 0 Å². The van der Waals surface area contributed by atoms with Crippen molar-refractivity contribution in [3.05, 3.63) is 29.6 Å². The van der Waals surface area contributed by atoms with Gasteiger partial charge in [-0.25, -0.2) is 4.39 Å². The predicted molar refractivity (Wildman–Crippen MR) is 89.5 cm³/mol. The summed E-state index contributed by atoms with van der Waals surface area (Å²) in [6, 6.07) is 3.92. The number of carbonyl (C=O) groups excluding carboxylic acids is 2. The first-order valence-electron chi connectivity index (χ1n) is 8.47.